The smallest absolute Gasteiger partial charge is 0.0594 e. The van der Waals surface area contributed by atoms with E-state index in [0.717, 1.165) is 45.9 Å². The van der Waals surface area contributed by atoms with Crippen molar-refractivity contribution in [2.24, 2.45) is 0 Å². The predicted octanol–water partition coefficient (Wildman–Crippen LogP) is 3.63. The van der Waals surface area contributed by atoms with Crippen LogP contribution in [-0.4, -0.2) is 31.2 Å². The fourth-order valence-corrected chi connectivity index (χ4v) is 3.98. The summed E-state index contributed by atoms with van der Waals surface area (Å²) >= 11 is 5.27. The Morgan fingerprint density at radius 3 is 2.50 bits per heavy atom. The summed E-state index contributed by atoms with van der Waals surface area (Å²) in [6.45, 7) is 6.67. The first-order chi connectivity index (χ1) is 10.8. The van der Waals surface area contributed by atoms with Gasteiger partial charge >= 0.3 is 0 Å². The van der Waals surface area contributed by atoms with E-state index in [1.165, 1.54) is 20.5 Å². The third kappa shape index (κ3) is 4.89. The molecule has 118 valence electrons. The lowest BCUT2D eigenvalue weighted by Crippen LogP contribution is -2.35. The minimum absolute atomic E-state index is 0.862. The van der Waals surface area contributed by atoms with Crippen molar-refractivity contribution in [3.63, 3.8) is 0 Å². The van der Waals surface area contributed by atoms with E-state index in [0.29, 0.717) is 0 Å². The Morgan fingerprint density at radius 1 is 1.09 bits per heavy atom. The van der Waals surface area contributed by atoms with Crippen LogP contribution in [0.2, 0.25) is 0 Å². The van der Waals surface area contributed by atoms with Gasteiger partial charge in [0.25, 0.3) is 0 Å². The van der Waals surface area contributed by atoms with Crippen LogP contribution in [0.15, 0.2) is 40.2 Å². The van der Waals surface area contributed by atoms with Gasteiger partial charge in [-0.15, -0.1) is 11.3 Å². The minimum Gasteiger partial charge on any atom is -0.379 e. The lowest BCUT2D eigenvalue weighted by Gasteiger charge is -2.26. The van der Waals surface area contributed by atoms with Crippen LogP contribution in [0.4, 0.5) is 0 Å². The maximum atomic E-state index is 5.39. The van der Waals surface area contributed by atoms with E-state index in [4.69, 9.17) is 4.74 Å². The first-order valence-electron chi connectivity index (χ1n) is 7.61. The van der Waals surface area contributed by atoms with Crippen molar-refractivity contribution in [1.29, 1.82) is 0 Å². The highest BCUT2D eigenvalue weighted by molar-refractivity contribution is 9.10. The van der Waals surface area contributed by atoms with E-state index in [2.05, 4.69) is 61.9 Å². The Kier molecular flexibility index (Phi) is 6.04. The Hall–Kier alpha value is -0.720. The van der Waals surface area contributed by atoms with E-state index in [9.17, 15) is 0 Å². The molecule has 2 aromatic rings. The number of morpholine rings is 1. The van der Waals surface area contributed by atoms with Crippen molar-refractivity contribution in [3.8, 4) is 0 Å². The van der Waals surface area contributed by atoms with E-state index in [1.54, 1.807) is 11.3 Å². The van der Waals surface area contributed by atoms with Crippen LogP contribution in [0.3, 0.4) is 0 Å². The number of halogens is 1. The number of ether oxygens (including phenoxy) is 1. The van der Waals surface area contributed by atoms with E-state index >= 15 is 0 Å². The summed E-state index contributed by atoms with van der Waals surface area (Å²) in [7, 11) is 0. The highest BCUT2D eigenvalue weighted by atomic mass is 79.9. The SMILES string of the molecule is Brc1csc(CNCc2ccc(CN3CCOCC3)cc2)c1. The molecule has 1 N–H and O–H groups in total. The number of nitrogens with one attached hydrogen (secondary N) is 1. The van der Waals surface area contributed by atoms with Gasteiger partial charge in [-0.2, -0.15) is 0 Å². The molecule has 0 saturated carbocycles. The summed E-state index contributed by atoms with van der Waals surface area (Å²) in [4.78, 5) is 3.81. The van der Waals surface area contributed by atoms with Crippen molar-refractivity contribution in [2.45, 2.75) is 19.6 Å². The van der Waals surface area contributed by atoms with Crippen molar-refractivity contribution in [2.75, 3.05) is 26.3 Å². The van der Waals surface area contributed by atoms with Crippen LogP contribution in [0.25, 0.3) is 0 Å². The Balaban J connectivity index is 1.44. The van der Waals surface area contributed by atoms with Gasteiger partial charge in [0.05, 0.1) is 13.2 Å². The third-order valence-corrected chi connectivity index (χ3v) is 5.48. The Labute approximate surface area is 144 Å². The Morgan fingerprint density at radius 2 is 1.82 bits per heavy atom. The maximum Gasteiger partial charge on any atom is 0.0594 e. The summed E-state index contributed by atoms with van der Waals surface area (Å²) < 4.78 is 6.56. The highest BCUT2D eigenvalue weighted by Crippen LogP contribution is 2.19. The number of rotatable bonds is 6. The van der Waals surface area contributed by atoms with E-state index < -0.39 is 0 Å². The topological polar surface area (TPSA) is 24.5 Å². The first-order valence-corrected chi connectivity index (χ1v) is 9.28. The standard InChI is InChI=1S/C17H21BrN2OS/c18-16-9-17(22-13-16)11-19-10-14-1-3-15(4-2-14)12-20-5-7-21-8-6-20/h1-4,9,13,19H,5-8,10-12H2. The van der Waals surface area contributed by atoms with Crippen LogP contribution in [0, 0.1) is 0 Å². The molecule has 0 amide bonds. The number of benzene rings is 1. The summed E-state index contributed by atoms with van der Waals surface area (Å²) in [6.07, 6.45) is 0. The quantitative estimate of drug-likeness (QED) is 0.827. The van der Waals surface area contributed by atoms with Gasteiger partial charge < -0.3 is 10.1 Å². The maximum absolute atomic E-state index is 5.39. The minimum atomic E-state index is 0.862. The second-order valence-electron chi connectivity index (χ2n) is 5.54. The molecule has 2 heterocycles. The molecule has 22 heavy (non-hydrogen) atoms. The lowest BCUT2D eigenvalue weighted by molar-refractivity contribution is 0.0342. The molecule has 1 aromatic heterocycles. The molecule has 0 aliphatic carbocycles. The fourth-order valence-electron chi connectivity index (χ4n) is 2.56. The molecule has 3 nitrogen and oxygen atoms in total. The van der Waals surface area contributed by atoms with Gasteiger partial charge in [0.1, 0.15) is 0 Å². The van der Waals surface area contributed by atoms with Crippen LogP contribution < -0.4 is 5.32 Å². The van der Waals surface area contributed by atoms with E-state index in [-0.39, 0.29) is 0 Å². The molecule has 1 aromatic carbocycles. The average molecular weight is 381 g/mol. The molecule has 1 aliphatic rings. The first kappa shape index (κ1) is 16.1. The number of hydrogen-bond acceptors (Lipinski definition) is 4. The fraction of sp³-hybridized carbons (Fsp3) is 0.412. The number of thiophene rings is 1. The average Bonchev–Trinajstić information content (AvgIpc) is 2.96. The van der Waals surface area contributed by atoms with Gasteiger partial charge in [-0.3, -0.25) is 4.90 Å². The normalized spacial score (nSPS) is 16.0. The third-order valence-electron chi connectivity index (χ3n) is 3.78. The summed E-state index contributed by atoms with van der Waals surface area (Å²) in [5.74, 6) is 0. The van der Waals surface area contributed by atoms with Crippen molar-refractivity contribution < 1.29 is 4.74 Å². The number of hydrogen-bond donors (Lipinski definition) is 1. The zero-order chi connectivity index (χ0) is 15.2. The largest absolute Gasteiger partial charge is 0.379 e. The molecule has 0 atom stereocenters. The molecule has 1 fully saturated rings. The highest BCUT2D eigenvalue weighted by Gasteiger charge is 2.10. The van der Waals surface area contributed by atoms with Crippen LogP contribution >= 0.6 is 27.3 Å². The Bertz CT molecular complexity index is 579. The molecule has 0 radical (unpaired) electrons. The number of nitrogens with zero attached hydrogens (tertiary/aromatic N) is 1. The molecule has 1 saturated heterocycles. The molecule has 0 unspecified atom stereocenters. The monoisotopic (exact) mass is 380 g/mol. The van der Waals surface area contributed by atoms with Crippen molar-refractivity contribution in [3.05, 3.63) is 56.2 Å². The molecule has 3 rings (SSSR count). The second kappa shape index (κ2) is 8.22. The van der Waals surface area contributed by atoms with Crippen LogP contribution in [0.5, 0.6) is 0 Å². The lowest BCUT2D eigenvalue weighted by atomic mass is 10.1. The molecule has 0 bridgehead atoms. The molecule has 0 spiro atoms. The van der Waals surface area contributed by atoms with Crippen LogP contribution in [-0.2, 0) is 24.4 Å². The molecule has 5 heteroatoms. The summed E-state index contributed by atoms with van der Waals surface area (Å²) in [5.41, 5.74) is 2.72. The van der Waals surface area contributed by atoms with Crippen molar-refractivity contribution in [1.82, 2.24) is 10.2 Å². The molecule has 1 aliphatic heterocycles. The van der Waals surface area contributed by atoms with Gasteiger partial charge in [-0.05, 0) is 33.1 Å². The summed E-state index contributed by atoms with van der Waals surface area (Å²) in [5, 5.41) is 5.62. The zero-order valence-electron chi connectivity index (χ0n) is 12.6. The predicted molar refractivity (Wildman–Crippen MR) is 95.1 cm³/mol. The van der Waals surface area contributed by atoms with Gasteiger partial charge in [-0.1, -0.05) is 24.3 Å². The van der Waals surface area contributed by atoms with Gasteiger partial charge in [0.15, 0.2) is 0 Å². The molecular weight excluding hydrogens is 360 g/mol. The van der Waals surface area contributed by atoms with Crippen LogP contribution in [0.1, 0.15) is 16.0 Å². The van der Waals surface area contributed by atoms with Gasteiger partial charge in [0.2, 0.25) is 0 Å². The van der Waals surface area contributed by atoms with Crippen molar-refractivity contribution >= 4 is 27.3 Å². The van der Waals surface area contributed by atoms with Gasteiger partial charge in [0, 0.05) is 47.5 Å². The second-order valence-corrected chi connectivity index (χ2v) is 7.45. The zero-order valence-corrected chi connectivity index (χ0v) is 15.0. The van der Waals surface area contributed by atoms with Gasteiger partial charge in [-0.25, -0.2) is 0 Å². The summed E-state index contributed by atoms with van der Waals surface area (Å²) in [6, 6.07) is 11.1. The van der Waals surface area contributed by atoms with E-state index in [1.807, 2.05) is 0 Å². The molecular formula is C17H21BrN2OS.